The highest BCUT2D eigenvalue weighted by molar-refractivity contribution is 7.89. The van der Waals surface area contributed by atoms with Gasteiger partial charge < -0.3 is 10.1 Å². The van der Waals surface area contributed by atoms with Gasteiger partial charge in [0.15, 0.2) is 0 Å². The lowest BCUT2D eigenvalue weighted by Crippen LogP contribution is -2.44. The fourth-order valence-corrected chi connectivity index (χ4v) is 3.28. The number of aromatic nitrogens is 1. The molecule has 0 saturated carbocycles. The molecule has 8 heteroatoms. The Morgan fingerprint density at radius 3 is 2.56 bits per heavy atom. The van der Waals surface area contributed by atoms with Crippen molar-refractivity contribution in [3.05, 3.63) is 54.4 Å². The number of pyridine rings is 1. The predicted octanol–water partition coefficient (Wildman–Crippen LogP) is 1.46. The van der Waals surface area contributed by atoms with E-state index in [1.165, 1.54) is 19.1 Å². The highest BCUT2D eigenvalue weighted by Crippen LogP contribution is 2.16. The van der Waals surface area contributed by atoms with E-state index in [9.17, 15) is 13.2 Å². The second kappa shape index (κ2) is 8.59. The molecular formula is C17H21N3O4S. The van der Waals surface area contributed by atoms with Gasteiger partial charge in [0.2, 0.25) is 15.9 Å². The van der Waals surface area contributed by atoms with Crippen molar-refractivity contribution in [2.45, 2.75) is 31.3 Å². The number of ether oxygens (including phenoxy) is 1. The van der Waals surface area contributed by atoms with Crippen LogP contribution in [0.15, 0.2) is 53.7 Å². The first-order valence-electron chi connectivity index (χ1n) is 7.84. The zero-order valence-electron chi connectivity index (χ0n) is 14.1. The van der Waals surface area contributed by atoms with Gasteiger partial charge in [-0.05, 0) is 49.7 Å². The highest BCUT2D eigenvalue weighted by Gasteiger charge is 2.21. The lowest BCUT2D eigenvalue weighted by atomic mass is 10.2. The summed E-state index contributed by atoms with van der Waals surface area (Å²) in [6.45, 7) is 4.11. The number of hydrogen-bond acceptors (Lipinski definition) is 5. The van der Waals surface area contributed by atoms with Crippen molar-refractivity contribution >= 4 is 15.9 Å². The largest absolute Gasteiger partial charge is 0.494 e. The van der Waals surface area contributed by atoms with E-state index in [4.69, 9.17) is 4.74 Å². The van der Waals surface area contributed by atoms with Gasteiger partial charge in [-0.3, -0.25) is 9.78 Å². The molecule has 0 aliphatic rings. The standard InChI is InChI=1S/C17H21N3O4S/c1-3-24-15-6-8-16(9-7-15)25(22,23)20-13(2)17(21)19-12-14-5-4-10-18-11-14/h4-11,13,20H,3,12H2,1-2H3,(H,19,21)/t13-/m0/s1. The summed E-state index contributed by atoms with van der Waals surface area (Å²) in [5, 5.41) is 2.67. The van der Waals surface area contributed by atoms with Crippen LogP contribution in [0.2, 0.25) is 0 Å². The zero-order valence-corrected chi connectivity index (χ0v) is 14.9. The zero-order chi connectivity index (χ0) is 18.3. The molecule has 0 aliphatic carbocycles. The maximum Gasteiger partial charge on any atom is 0.241 e. The van der Waals surface area contributed by atoms with Gasteiger partial charge >= 0.3 is 0 Å². The van der Waals surface area contributed by atoms with Gasteiger partial charge in [0.1, 0.15) is 5.75 Å². The molecule has 0 aliphatic heterocycles. The molecule has 0 unspecified atom stereocenters. The highest BCUT2D eigenvalue weighted by atomic mass is 32.2. The number of nitrogens with zero attached hydrogens (tertiary/aromatic N) is 1. The van der Waals surface area contributed by atoms with Crippen molar-refractivity contribution < 1.29 is 17.9 Å². The van der Waals surface area contributed by atoms with Crippen molar-refractivity contribution in [1.29, 1.82) is 0 Å². The number of carbonyl (C=O) groups is 1. The summed E-state index contributed by atoms with van der Waals surface area (Å²) < 4.78 is 32.3. The Morgan fingerprint density at radius 2 is 1.96 bits per heavy atom. The van der Waals surface area contributed by atoms with Crippen LogP contribution < -0.4 is 14.8 Å². The summed E-state index contributed by atoms with van der Waals surface area (Å²) in [6, 6.07) is 8.70. The van der Waals surface area contributed by atoms with Crippen LogP contribution in [-0.2, 0) is 21.4 Å². The monoisotopic (exact) mass is 363 g/mol. The molecule has 0 spiro atoms. The Kier molecular flexibility index (Phi) is 6.49. The molecule has 134 valence electrons. The molecule has 2 rings (SSSR count). The Hall–Kier alpha value is -2.45. The van der Waals surface area contributed by atoms with Crippen molar-refractivity contribution in [3.63, 3.8) is 0 Å². The topological polar surface area (TPSA) is 97.4 Å². The molecule has 0 radical (unpaired) electrons. The molecule has 25 heavy (non-hydrogen) atoms. The molecular weight excluding hydrogens is 342 g/mol. The average molecular weight is 363 g/mol. The van der Waals surface area contributed by atoms with Gasteiger partial charge in [-0.1, -0.05) is 6.07 Å². The Bertz CT molecular complexity index is 792. The lowest BCUT2D eigenvalue weighted by molar-refractivity contribution is -0.122. The van der Waals surface area contributed by atoms with Crippen LogP contribution in [0.25, 0.3) is 0 Å². The normalized spacial score (nSPS) is 12.4. The molecule has 1 atom stereocenters. The molecule has 2 N–H and O–H groups in total. The summed E-state index contributed by atoms with van der Waals surface area (Å²) in [4.78, 5) is 16.1. The second-order valence-corrected chi connectivity index (χ2v) is 7.04. The van der Waals surface area contributed by atoms with Crippen LogP contribution in [0.5, 0.6) is 5.75 Å². The smallest absolute Gasteiger partial charge is 0.241 e. The van der Waals surface area contributed by atoms with Crippen LogP contribution >= 0.6 is 0 Å². The third-order valence-corrected chi connectivity index (χ3v) is 4.92. The third kappa shape index (κ3) is 5.54. The quantitative estimate of drug-likeness (QED) is 0.740. The van der Waals surface area contributed by atoms with E-state index in [2.05, 4.69) is 15.0 Å². The first-order chi connectivity index (χ1) is 11.9. The van der Waals surface area contributed by atoms with Crippen LogP contribution in [0.1, 0.15) is 19.4 Å². The van der Waals surface area contributed by atoms with E-state index in [1.807, 2.05) is 13.0 Å². The summed E-state index contributed by atoms with van der Waals surface area (Å²) >= 11 is 0. The van der Waals surface area contributed by atoms with Crippen LogP contribution in [0.4, 0.5) is 0 Å². The summed E-state index contributed by atoms with van der Waals surface area (Å²) in [5.41, 5.74) is 0.831. The van der Waals surface area contributed by atoms with E-state index in [-0.39, 0.29) is 11.4 Å². The van der Waals surface area contributed by atoms with Crippen LogP contribution in [0.3, 0.4) is 0 Å². The molecule has 7 nitrogen and oxygen atoms in total. The summed E-state index contributed by atoms with van der Waals surface area (Å²) in [7, 11) is -3.80. The maximum atomic E-state index is 12.3. The number of hydrogen-bond donors (Lipinski definition) is 2. The van der Waals surface area contributed by atoms with Gasteiger partial charge in [0, 0.05) is 18.9 Å². The molecule has 0 bridgehead atoms. The minimum atomic E-state index is -3.80. The van der Waals surface area contributed by atoms with Crippen molar-refractivity contribution in [2.75, 3.05) is 6.61 Å². The lowest BCUT2D eigenvalue weighted by Gasteiger charge is -2.14. The minimum absolute atomic E-state index is 0.0721. The predicted molar refractivity (Wildman–Crippen MR) is 93.5 cm³/mol. The van der Waals surface area contributed by atoms with E-state index < -0.39 is 22.0 Å². The molecule has 0 fully saturated rings. The molecule has 0 saturated heterocycles. The fourth-order valence-electron chi connectivity index (χ4n) is 2.08. The maximum absolute atomic E-state index is 12.3. The van der Waals surface area contributed by atoms with Crippen molar-refractivity contribution in [3.8, 4) is 5.75 Å². The molecule has 1 heterocycles. The average Bonchev–Trinajstić information content (AvgIpc) is 2.61. The Morgan fingerprint density at radius 1 is 1.24 bits per heavy atom. The number of carbonyl (C=O) groups excluding carboxylic acids is 1. The summed E-state index contributed by atoms with van der Waals surface area (Å²) in [5.74, 6) is 0.169. The van der Waals surface area contributed by atoms with Gasteiger partial charge in [-0.25, -0.2) is 8.42 Å². The first kappa shape index (κ1) is 18.9. The summed E-state index contributed by atoms with van der Waals surface area (Å²) in [6.07, 6.45) is 3.27. The van der Waals surface area contributed by atoms with Crippen molar-refractivity contribution in [2.24, 2.45) is 0 Å². The fraction of sp³-hybridized carbons (Fsp3) is 0.294. The van der Waals surface area contributed by atoms with E-state index in [0.29, 0.717) is 12.4 Å². The van der Waals surface area contributed by atoms with E-state index in [1.54, 1.807) is 30.6 Å². The van der Waals surface area contributed by atoms with Gasteiger partial charge in [-0.15, -0.1) is 0 Å². The minimum Gasteiger partial charge on any atom is -0.494 e. The number of sulfonamides is 1. The SMILES string of the molecule is CCOc1ccc(S(=O)(=O)N[C@@H](C)C(=O)NCc2cccnc2)cc1. The first-order valence-corrected chi connectivity index (χ1v) is 9.32. The second-order valence-electron chi connectivity index (χ2n) is 5.33. The number of rotatable bonds is 8. The van der Waals surface area contributed by atoms with Crippen LogP contribution in [0, 0.1) is 0 Å². The van der Waals surface area contributed by atoms with E-state index >= 15 is 0 Å². The third-order valence-electron chi connectivity index (χ3n) is 3.36. The molecule has 1 amide bonds. The van der Waals surface area contributed by atoms with Crippen molar-refractivity contribution in [1.82, 2.24) is 15.0 Å². The Labute approximate surface area is 147 Å². The van der Waals surface area contributed by atoms with Gasteiger partial charge in [0.25, 0.3) is 0 Å². The molecule has 2 aromatic rings. The number of amides is 1. The van der Waals surface area contributed by atoms with Gasteiger partial charge in [-0.2, -0.15) is 4.72 Å². The number of nitrogens with one attached hydrogen (secondary N) is 2. The van der Waals surface area contributed by atoms with Gasteiger partial charge in [0.05, 0.1) is 17.5 Å². The van der Waals surface area contributed by atoms with Crippen LogP contribution in [-0.4, -0.2) is 32.0 Å². The number of benzene rings is 1. The molecule has 1 aromatic carbocycles. The molecule has 1 aromatic heterocycles. The Balaban J connectivity index is 1.95. The van der Waals surface area contributed by atoms with E-state index in [0.717, 1.165) is 5.56 Å².